The Balaban J connectivity index is 1.30. The molecule has 3 N–H and O–H groups in total. The summed E-state index contributed by atoms with van der Waals surface area (Å²) in [5, 5.41) is 8.55. The van der Waals surface area contributed by atoms with Crippen LogP contribution in [0.2, 0.25) is 0 Å². The quantitative estimate of drug-likeness (QED) is 0.223. The molecule has 24 nitrogen and oxygen atoms in total. The second-order valence-electron chi connectivity index (χ2n) is 29.8. The number of alkyl halides is 3. The highest BCUT2D eigenvalue weighted by molar-refractivity contribution is 6.01. The fraction of sp³-hybridized carbons (Fsp3) is 0.676. The summed E-state index contributed by atoms with van der Waals surface area (Å²) in [4.78, 5) is 190. The number of likely N-dealkylation sites (N-methyl/N-ethyl adjacent to an activating group) is 7. The Labute approximate surface area is 601 Å². The van der Waals surface area contributed by atoms with Crippen LogP contribution in [0.15, 0.2) is 36.4 Å². The summed E-state index contributed by atoms with van der Waals surface area (Å²) >= 11 is 0. The van der Waals surface area contributed by atoms with Crippen molar-refractivity contribution in [3.8, 4) is 0 Å². The zero-order valence-corrected chi connectivity index (χ0v) is 62.3. The number of halogens is 5. The molecule has 29 heteroatoms. The predicted octanol–water partition coefficient (Wildman–Crippen LogP) is 5.48. The molecule has 5 aliphatic rings. The van der Waals surface area contributed by atoms with E-state index in [1.54, 1.807) is 13.8 Å². The molecule has 2 saturated carbocycles. The highest BCUT2D eigenvalue weighted by Crippen LogP contribution is 2.38. The van der Waals surface area contributed by atoms with Gasteiger partial charge in [0, 0.05) is 75.5 Å². The number of hydrogen-bond acceptors (Lipinski definition) is 12. The standard InChI is InChI=1S/C74H107F5N12O12/c1-15-45(6)61-70(101)85(11)46(7)65(96)91-35-31-55(91)69(100)89(16-2)41-50(37-47-27-25-44(5)26-28-47)66(97)84(10)42-58(92)80-53(30-29-48-38-51(75)60(52(76)39-48)74(77,78)79)67(98)90-34-21-24-54(90)64(95)82-73(32-19-20-33-73)72(103)88(14)62(49-22-17-18-23-49)71(102)87(13)57(68(99)83(8)9)40-59(93)86(12)56(36-43(3)4)63(94)81-61/h25-28,38-39,43,45-46,49-50,53-57,61-62H,15-24,29-37,40-42H2,1-14H3,(H,80,92)(H,81,94)(H,82,95)/t45?,46-,50+,53-,54-,55-,56-,57?,61?,62-/m0/s1. The van der Waals surface area contributed by atoms with Gasteiger partial charge in [0.15, 0.2) is 0 Å². The number of benzene rings is 2. The van der Waals surface area contributed by atoms with E-state index in [2.05, 4.69) is 16.0 Å². The van der Waals surface area contributed by atoms with Gasteiger partial charge in [0.05, 0.1) is 18.9 Å². The first-order valence-corrected chi connectivity index (χ1v) is 36.3. The van der Waals surface area contributed by atoms with Crippen molar-refractivity contribution in [1.82, 2.24) is 60.0 Å². The van der Waals surface area contributed by atoms with Crippen LogP contribution < -0.4 is 16.0 Å². The third-order valence-corrected chi connectivity index (χ3v) is 21.9. The van der Waals surface area contributed by atoms with Crippen LogP contribution in [-0.2, 0) is 76.6 Å². The number of rotatable bonds is 12. The average molecular weight is 1450 g/mol. The number of fused-ring (bicyclic) bond motifs is 2. The van der Waals surface area contributed by atoms with Gasteiger partial charge in [0.2, 0.25) is 70.9 Å². The average Bonchev–Trinajstić information content (AvgIpc) is 1.76. The van der Waals surface area contributed by atoms with Crippen molar-refractivity contribution in [2.45, 2.75) is 218 Å². The Morgan fingerprint density at radius 3 is 1.84 bits per heavy atom. The summed E-state index contributed by atoms with van der Waals surface area (Å²) in [6, 6.07) is -2.01. The lowest BCUT2D eigenvalue weighted by Crippen LogP contribution is -2.65. The SMILES string of the molecule is CCC(C)C1NC(=O)[C@H](CC(C)C)N(C)C(=O)CC(C(=O)N(C)C)N(C)C(=O)[C@H](C2CCCC2)N(C)C(=O)C2(CCCC2)NC(=O)[C@@H]2CCCN2C(=O)[C@H](CCc2cc(F)c(C(F)(F)F)c(F)c2)NC(=O)CN(C)C(=O)[C@H](Cc2ccc(C)cc2)CN(CC)C(=O)[C@@H]2CCN2C(=O)[C@H](C)N(C)C1=O. The van der Waals surface area contributed by atoms with Crippen molar-refractivity contribution < 1.29 is 79.5 Å². The first-order chi connectivity index (χ1) is 48.4. The van der Waals surface area contributed by atoms with Gasteiger partial charge < -0.3 is 60.0 Å². The third-order valence-electron chi connectivity index (χ3n) is 21.9. The Bertz CT molecular complexity index is 3430. The van der Waals surface area contributed by atoms with Gasteiger partial charge in [-0.15, -0.1) is 0 Å². The van der Waals surface area contributed by atoms with Gasteiger partial charge in [-0.2, -0.15) is 13.2 Å². The van der Waals surface area contributed by atoms with Crippen molar-refractivity contribution in [1.29, 1.82) is 0 Å². The summed E-state index contributed by atoms with van der Waals surface area (Å²) < 4.78 is 71.5. The van der Waals surface area contributed by atoms with Crippen LogP contribution in [0.5, 0.6) is 0 Å². The lowest BCUT2D eigenvalue weighted by molar-refractivity contribution is -0.158. The predicted molar refractivity (Wildman–Crippen MR) is 372 cm³/mol. The Morgan fingerprint density at radius 1 is 0.680 bits per heavy atom. The second-order valence-corrected chi connectivity index (χ2v) is 29.8. The molecule has 2 aromatic carbocycles. The molecular formula is C74H107F5N12O12. The lowest BCUT2D eigenvalue weighted by Gasteiger charge is -2.45. The highest BCUT2D eigenvalue weighted by atomic mass is 19.4. The van der Waals surface area contributed by atoms with Crippen LogP contribution in [0, 0.1) is 42.2 Å². The second kappa shape index (κ2) is 35.0. The fourth-order valence-electron chi connectivity index (χ4n) is 15.2. The molecule has 5 fully saturated rings. The molecule has 0 radical (unpaired) electrons. The van der Waals surface area contributed by atoms with Gasteiger partial charge in [-0.1, -0.05) is 89.6 Å². The molecule has 0 aromatic heterocycles. The number of amides is 12. The van der Waals surface area contributed by atoms with Crippen molar-refractivity contribution in [3.63, 3.8) is 0 Å². The Hall–Kier alpha value is -8.27. The molecule has 10 atom stereocenters. The van der Waals surface area contributed by atoms with Gasteiger partial charge >= 0.3 is 6.18 Å². The van der Waals surface area contributed by atoms with Gasteiger partial charge in [0.1, 0.15) is 71.1 Å². The van der Waals surface area contributed by atoms with Crippen molar-refractivity contribution in [2.24, 2.45) is 23.7 Å². The zero-order chi connectivity index (χ0) is 76.4. The van der Waals surface area contributed by atoms with Gasteiger partial charge in [-0.25, -0.2) is 8.78 Å². The molecule has 103 heavy (non-hydrogen) atoms. The molecule has 3 unspecified atom stereocenters. The first kappa shape index (κ1) is 82.0. The van der Waals surface area contributed by atoms with E-state index >= 15 is 28.0 Å². The lowest BCUT2D eigenvalue weighted by atomic mass is 9.90. The van der Waals surface area contributed by atoms with E-state index in [-0.39, 0.29) is 82.6 Å². The van der Waals surface area contributed by atoms with Crippen LogP contribution in [0.3, 0.4) is 0 Å². The molecule has 1 spiro atoms. The molecule has 12 amide bonds. The number of nitrogens with one attached hydrogen (secondary N) is 3. The minimum absolute atomic E-state index is 0.0560. The molecule has 3 heterocycles. The maximum Gasteiger partial charge on any atom is 0.422 e. The molecule has 3 aliphatic heterocycles. The molecule has 0 bridgehead atoms. The summed E-state index contributed by atoms with van der Waals surface area (Å²) in [5.74, 6) is -14.2. The largest absolute Gasteiger partial charge is 0.422 e. The van der Waals surface area contributed by atoms with Gasteiger partial charge in [-0.05, 0) is 132 Å². The Morgan fingerprint density at radius 2 is 1.29 bits per heavy atom. The first-order valence-electron chi connectivity index (χ1n) is 36.3. The van der Waals surface area contributed by atoms with Crippen LogP contribution >= 0.6 is 0 Å². The van der Waals surface area contributed by atoms with E-state index in [4.69, 9.17) is 0 Å². The highest BCUT2D eigenvalue weighted by Gasteiger charge is 2.52. The molecule has 2 aromatic rings. The van der Waals surface area contributed by atoms with Crippen LogP contribution in [0.4, 0.5) is 22.0 Å². The molecule has 7 rings (SSSR count). The molecule has 2 aliphatic carbocycles. The van der Waals surface area contributed by atoms with Crippen LogP contribution in [0.1, 0.15) is 160 Å². The van der Waals surface area contributed by atoms with Gasteiger partial charge in [0.25, 0.3) is 0 Å². The summed E-state index contributed by atoms with van der Waals surface area (Å²) in [6.45, 7) is 11.6. The van der Waals surface area contributed by atoms with E-state index in [1.807, 2.05) is 52.0 Å². The number of carbonyl (C=O) groups is 12. The molecular weight excluding hydrogens is 1340 g/mol. The normalized spacial score (nSPS) is 26.3. The van der Waals surface area contributed by atoms with Crippen molar-refractivity contribution in [2.75, 3.05) is 82.1 Å². The van der Waals surface area contributed by atoms with E-state index in [0.717, 1.165) is 15.4 Å². The smallest absolute Gasteiger partial charge is 0.347 e. The summed E-state index contributed by atoms with van der Waals surface area (Å²) in [6.07, 6.45) is -2.32. The minimum Gasteiger partial charge on any atom is -0.347 e. The summed E-state index contributed by atoms with van der Waals surface area (Å²) in [7, 11) is 9.90. The van der Waals surface area contributed by atoms with Crippen molar-refractivity contribution >= 4 is 70.9 Å². The van der Waals surface area contributed by atoms with Crippen LogP contribution in [-0.4, -0.2) is 251 Å². The molecule has 570 valence electrons. The van der Waals surface area contributed by atoms with E-state index in [0.29, 0.717) is 62.6 Å². The monoisotopic (exact) mass is 1450 g/mol. The topological polar surface area (TPSA) is 270 Å². The van der Waals surface area contributed by atoms with Crippen LogP contribution in [0.25, 0.3) is 0 Å². The number of hydrogen-bond donors (Lipinski definition) is 3. The van der Waals surface area contributed by atoms with Gasteiger partial charge in [-0.3, -0.25) is 57.5 Å². The summed E-state index contributed by atoms with van der Waals surface area (Å²) in [5.41, 5.74) is -2.45. The van der Waals surface area contributed by atoms with E-state index in [1.165, 1.54) is 90.6 Å². The molecule has 3 saturated heterocycles. The number of carbonyl (C=O) groups excluding carboxylic acids is 12. The maximum atomic E-state index is 15.6. The van der Waals surface area contributed by atoms with Crippen molar-refractivity contribution in [3.05, 3.63) is 70.3 Å². The number of nitrogens with zero attached hydrogens (tertiary/aromatic N) is 9. The fourth-order valence-corrected chi connectivity index (χ4v) is 15.2. The Kier molecular flexibility index (Phi) is 27.9. The third kappa shape index (κ3) is 19.2. The zero-order valence-electron chi connectivity index (χ0n) is 62.3. The van der Waals surface area contributed by atoms with E-state index in [9.17, 15) is 51.5 Å². The number of aryl methyl sites for hydroxylation is 2. The maximum absolute atomic E-state index is 15.6. The van der Waals surface area contributed by atoms with E-state index < -0.39 is 192 Å². The minimum atomic E-state index is -5.39.